The molecular formula is C10H18N2O6. The first-order chi connectivity index (χ1) is 8.11. The van der Waals surface area contributed by atoms with Crippen molar-refractivity contribution < 1.29 is 29.3 Å². The van der Waals surface area contributed by atoms with Crippen molar-refractivity contribution in [3.8, 4) is 0 Å². The molecule has 0 fully saturated rings. The van der Waals surface area contributed by atoms with E-state index in [0.29, 0.717) is 0 Å². The number of carboxylic acid groups (broad SMARTS) is 2. The molecule has 0 heterocycles. The predicted molar refractivity (Wildman–Crippen MR) is 61.4 cm³/mol. The minimum absolute atomic E-state index is 0.0686. The van der Waals surface area contributed by atoms with Crippen LogP contribution < -0.4 is 10.6 Å². The summed E-state index contributed by atoms with van der Waals surface area (Å²) in [6.45, 7) is 4.86. The van der Waals surface area contributed by atoms with Crippen LogP contribution in [0, 0.1) is 0 Å². The molecule has 0 aliphatic rings. The zero-order chi connectivity index (χ0) is 14.3. The molecule has 0 aromatic carbocycles. The van der Waals surface area contributed by atoms with E-state index < -0.39 is 29.8 Å². The van der Waals surface area contributed by atoms with Crippen LogP contribution in [-0.4, -0.2) is 46.6 Å². The Labute approximate surface area is 104 Å². The second-order valence-corrected chi connectivity index (χ2v) is 4.56. The smallest absolute Gasteiger partial charge is 0.408 e. The van der Waals surface area contributed by atoms with Crippen molar-refractivity contribution >= 4 is 18.2 Å². The van der Waals surface area contributed by atoms with E-state index in [2.05, 4.69) is 5.32 Å². The molecule has 4 N–H and O–H groups in total. The van der Waals surface area contributed by atoms with Gasteiger partial charge in [0.15, 0.2) is 0 Å². The average molecular weight is 262 g/mol. The number of nitrogens with one attached hydrogen (secondary N) is 2. The van der Waals surface area contributed by atoms with Gasteiger partial charge in [-0.2, -0.15) is 0 Å². The third-order valence-corrected chi connectivity index (χ3v) is 1.70. The topological polar surface area (TPSA) is 125 Å². The highest BCUT2D eigenvalue weighted by molar-refractivity contribution is 5.80. The maximum Gasteiger partial charge on any atom is 0.408 e. The minimum atomic E-state index is -1.26. The number of carbonyl (C=O) groups excluding carboxylic acids is 1. The summed E-state index contributed by atoms with van der Waals surface area (Å²) in [5, 5.41) is 21.3. The minimum Gasteiger partial charge on any atom is -0.480 e. The van der Waals surface area contributed by atoms with E-state index in [9.17, 15) is 14.4 Å². The van der Waals surface area contributed by atoms with Gasteiger partial charge in [-0.3, -0.25) is 0 Å². The van der Waals surface area contributed by atoms with Crippen LogP contribution in [0.2, 0.25) is 0 Å². The molecule has 8 heteroatoms. The molecule has 0 saturated heterocycles. The van der Waals surface area contributed by atoms with E-state index in [1.807, 2.05) is 5.32 Å². The Balaban J connectivity index is 4.23. The Hall–Kier alpha value is -1.99. The molecule has 0 aliphatic heterocycles. The number of amides is 2. The fraction of sp³-hybridized carbons (Fsp3) is 0.700. The summed E-state index contributed by atoms with van der Waals surface area (Å²) in [5.74, 6) is -1.26. The maximum absolute atomic E-state index is 11.3. The standard InChI is InChI=1S/C10H18N2O6/c1-10(2,3)18-9(17)12-6(7(13)14)4-5-11-8(15)16/h6,11H,4-5H2,1-3H3,(H,12,17)(H,13,14)(H,15,16)/t6-/m0/s1. The summed E-state index contributed by atoms with van der Waals surface area (Å²) in [6, 6.07) is -1.20. The highest BCUT2D eigenvalue weighted by Gasteiger charge is 2.23. The number of hydrogen-bond donors (Lipinski definition) is 4. The Bertz CT molecular complexity index is 323. The van der Waals surface area contributed by atoms with Crippen molar-refractivity contribution in [2.75, 3.05) is 6.54 Å². The number of rotatable bonds is 5. The Morgan fingerprint density at radius 2 is 1.78 bits per heavy atom. The Morgan fingerprint density at radius 1 is 1.22 bits per heavy atom. The Kier molecular flexibility index (Phi) is 5.94. The molecule has 0 saturated carbocycles. The lowest BCUT2D eigenvalue weighted by Gasteiger charge is -2.21. The summed E-state index contributed by atoms with van der Waals surface area (Å²) >= 11 is 0. The lowest BCUT2D eigenvalue weighted by Crippen LogP contribution is -2.45. The first kappa shape index (κ1) is 16.0. The van der Waals surface area contributed by atoms with Crippen LogP contribution in [0.15, 0.2) is 0 Å². The highest BCUT2D eigenvalue weighted by atomic mass is 16.6. The van der Waals surface area contributed by atoms with Crippen molar-refractivity contribution in [1.29, 1.82) is 0 Å². The van der Waals surface area contributed by atoms with Gasteiger partial charge >= 0.3 is 18.2 Å². The number of carbonyl (C=O) groups is 3. The zero-order valence-electron chi connectivity index (χ0n) is 10.5. The van der Waals surface area contributed by atoms with Crippen LogP contribution in [-0.2, 0) is 9.53 Å². The van der Waals surface area contributed by atoms with Gasteiger partial charge in [0.05, 0.1) is 0 Å². The third kappa shape index (κ3) is 8.20. The molecule has 0 bridgehead atoms. The van der Waals surface area contributed by atoms with Crippen LogP contribution in [0.1, 0.15) is 27.2 Å². The molecule has 1 atom stereocenters. The van der Waals surface area contributed by atoms with E-state index >= 15 is 0 Å². The van der Waals surface area contributed by atoms with E-state index in [4.69, 9.17) is 14.9 Å². The van der Waals surface area contributed by atoms with Gasteiger partial charge in [-0.05, 0) is 27.2 Å². The van der Waals surface area contributed by atoms with Gasteiger partial charge in [0, 0.05) is 6.54 Å². The molecule has 18 heavy (non-hydrogen) atoms. The van der Waals surface area contributed by atoms with Crippen molar-refractivity contribution in [1.82, 2.24) is 10.6 Å². The van der Waals surface area contributed by atoms with E-state index in [-0.39, 0.29) is 13.0 Å². The molecule has 0 unspecified atom stereocenters. The van der Waals surface area contributed by atoms with Gasteiger partial charge in [-0.15, -0.1) is 0 Å². The molecule has 0 spiro atoms. The van der Waals surface area contributed by atoms with Gasteiger partial charge in [-0.25, -0.2) is 14.4 Å². The molecule has 0 aliphatic carbocycles. The van der Waals surface area contributed by atoms with E-state index in [0.717, 1.165) is 0 Å². The van der Waals surface area contributed by atoms with Crippen LogP contribution in [0.25, 0.3) is 0 Å². The monoisotopic (exact) mass is 262 g/mol. The molecule has 2 amide bonds. The van der Waals surface area contributed by atoms with Crippen LogP contribution in [0.3, 0.4) is 0 Å². The predicted octanol–water partition coefficient (Wildman–Crippen LogP) is 0.622. The first-order valence-corrected chi connectivity index (χ1v) is 5.31. The van der Waals surface area contributed by atoms with Crippen LogP contribution in [0.4, 0.5) is 9.59 Å². The number of aliphatic carboxylic acids is 1. The van der Waals surface area contributed by atoms with Gasteiger partial charge < -0.3 is 25.6 Å². The fourth-order valence-electron chi connectivity index (χ4n) is 1.03. The quantitative estimate of drug-likeness (QED) is 0.575. The lowest BCUT2D eigenvalue weighted by atomic mass is 10.2. The second kappa shape index (κ2) is 6.67. The third-order valence-electron chi connectivity index (χ3n) is 1.70. The molecule has 0 aromatic heterocycles. The van der Waals surface area contributed by atoms with Crippen molar-refractivity contribution in [2.45, 2.75) is 38.8 Å². The highest BCUT2D eigenvalue weighted by Crippen LogP contribution is 2.07. The first-order valence-electron chi connectivity index (χ1n) is 5.31. The average Bonchev–Trinajstić information content (AvgIpc) is 2.12. The number of ether oxygens (including phenoxy) is 1. The lowest BCUT2D eigenvalue weighted by molar-refractivity contribution is -0.139. The van der Waals surface area contributed by atoms with Crippen LogP contribution >= 0.6 is 0 Å². The molecule has 0 aromatic rings. The summed E-state index contributed by atoms with van der Waals surface area (Å²) < 4.78 is 4.90. The molecule has 8 nitrogen and oxygen atoms in total. The van der Waals surface area contributed by atoms with Crippen molar-refractivity contribution in [2.24, 2.45) is 0 Å². The molecule has 104 valence electrons. The Morgan fingerprint density at radius 3 is 2.17 bits per heavy atom. The maximum atomic E-state index is 11.3. The van der Waals surface area contributed by atoms with Gasteiger partial charge in [0.25, 0.3) is 0 Å². The summed E-state index contributed by atoms with van der Waals surface area (Å²) in [4.78, 5) is 32.4. The van der Waals surface area contributed by atoms with E-state index in [1.165, 1.54) is 0 Å². The zero-order valence-corrected chi connectivity index (χ0v) is 10.5. The van der Waals surface area contributed by atoms with Crippen molar-refractivity contribution in [3.63, 3.8) is 0 Å². The molecule has 0 rings (SSSR count). The largest absolute Gasteiger partial charge is 0.480 e. The number of hydrogen-bond acceptors (Lipinski definition) is 4. The summed E-state index contributed by atoms with van der Waals surface area (Å²) in [6.07, 6.45) is -2.18. The normalized spacial score (nSPS) is 12.4. The SMILES string of the molecule is CC(C)(C)OC(=O)N[C@@H](CCNC(=O)O)C(=O)O. The number of carboxylic acids is 1. The summed E-state index contributed by atoms with van der Waals surface area (Å²) in [7, 11) is 0. The van der Waals surface area contributed by atoms with E-state index in [1.54, 1.807) is 20.8 Å². The van der Waals surface area contributed by atoms with Gasteiger partial charge in [-0.1, -0.05) is 0 Å². The second-order valence-electron chi connectivity index (χ2n) is 4.56. The van der Waals surface area contributed by atoms with Crippen LogP contribution in [0.5, 0.6) is 0 Å². The molecular weight excluding hydrogens is 244 g/mol. The summed E-state index contributed by atoms with van der Waals surface area (Å²) in [5.41, 5.74) is -0.730. The van der Waals surface area contributed by atoms with Gasteiger partial charge in [0.1, 0.15) is 11.6 Å². The fourth-order valence-corrected chi connectivity index (χ4v) is 1.03. The van der Waals surface area contributed by atoms with Crippen molar-refractivity contribution in [3.05, 3.63) is 0 Å². The molecule has 0 radical (unpaired) electrons. The van der Waals surface area contributed by atoms with Gasteiger partial charge in [0.2, 0.25) is 0 Å². The number of alkyl carbamates (subject to hydrolysis) is 1.